The van der Waals surface area contributed by atoms with Crippen molar-refractivity contribution >= 4 is 34.8 Å². The van der Waals surface area contributed by atoms with Crippen LogP contribution in [0, 0.1) is 11.6 Å². The molecule has 1 amide bonds. The summed E-state index contributed by atoms with van der Waals surface area (Å²) in [5.41, 5.74) is 0.836. The predicted molar refractivity (Wildman–Crippen MR) is 99.1 cm³/mol. The van der Waals surface area contributed by atoms with Crippen LogP contribution >= 0.6 is 11.3 Å². The molecule has 1 aromatic heterocycles. The molecular formula is C20H12F2N2OS. The number of halogens is 2. The highest BCUT2D eigenvalue weighted by Crippen LogP contribution is 2.29. The molecule has 3 aromatic rings. The Morgan fingerprint density at radius 2 is 1.73 bits per heavy atom. The van der Waals surface area contributed by atoms with Crippen LogP contribution < -0.4 is 4.90 Å². The second-order valence-corrected chi connectivity index (χ2v) is 6.56. The highest BCUT2D eigenvalue weighted by Gasteiger charge is 2.33. The molecule has 0 fully saturated rings. The predicted octanol–water partition coefficient (Wildman–Crippen LogP) is 4.86. The number of carbonyl (C=O) groups excluding carboxylic acids is 1. The molecule has 0 N–H and O–H groups in total. The summed E-state index contributed by atoms with van der Waals surface area (Å²) >= 11 is 1.47. The molecule has 1 aliphatic rings. The summed E-state index contributed by atoms with van der Waals surface area (Å²) in [5.74, 6) is -1.10. The third kappa shape index (κ3) is 2.95. The van der Waals surface area contributed by atoms with Crippen molar-refractivity contribution in [3.8, 4) is 0 Å². The first kappa shape index (κ1) is 16.4. The lowest BCUT2D eigenvalue weighted by Crippen LogP contribution is -2.33. The summed E-state index contributed by atoms with van der Waals surface area (Å²) in [5, 5.41) is 1.89. The Morgan fingerprint density at radius 3 is 2.42 bits per heavy atom. The zero-order valence-electron chi connectivity index (χ0n) is 13.4. The van der Waals surface area contributed by atoms with Gasteiger partial charge in [-0.05, 0) is 53.9 Å². The van der Waals surface area contributed by atoms with Gasteiger partial charge in [-0.2, -0.15) is 0 Å². The Labute approximate surface area is 152 Å². The van der Waals surface area contributed by atoms with Crippen LogP contribution in [0.4, 0.5) is 14.5 Å². The first-order valence-electron chi connectivity index (χ1n) is 7.82. The number of amides is 1. The zero-order valence-corrected chi connectivity index (χ0v) is 14.2. The molecule has 3 nitrogen and oxygen atoms in total. The maximum Gasteiger partial charge on any atom is 0.282 e. The summed E-state index contributed by atoms with van der Waals surface area (Å²) in [6.07, 6.45) is 1.66. The molecule has 2 heterocycles. The van der Waals surface area contributed by atoms with Crippen molar-refractivity contribution in [1.29, 1.82) is 0 Å². The van der Waals surface area contributed by atoms with Crippen LogP contribution in [0.2, 0.25) is 0 Å². The maximum absolute atomic E-state index is 14.3. The molecule has 1 aliphatic heterocycles. The molecule has 0 atom stereocenters. The molecule has 0 saturated heterocycles. The fraction of sp³-hybridized carbons (Fsp3) is 0. The van der Waals surface area contributed by atoms with E-state index in [1.807, 2.05) is 17.5 Å². The van der Waals surface area contributed by atoms with Gasteiger partial charge in [0.25, 0.3) is 5.91 Å². The van der Waals surface area contributed by atoms with Gasteiger partial charge in [-0.3, -0.25) is 9.69 Å². The Hall–Kier alpha value is -3.12. The fourth-order valence-electron chi connectivity index (χ4n) is 2.68. The van der Waals surface area contributed by atoms with E-state index in [9.17, 15) is 13.6 Å². The van der Waals surface area contributed by atoms with Gasteiger partial charge in [-0.25, -0.2) is 13.8 Å². The lowest BCUT2D eigenvalue weighted by Gasteiger charge is -2.18. The van der Waals surface area contributed by atoms with Gasteiger partial charge in [-0.1, -0.05) is 18.2 Å². The van der Waals surface area contributed by atoms with Gasteiger partial charge >= 0.3 is 0 Å². The van der Waals surface area contributed by atoms with E-state index in [1.54, 1.807) is 24.3 Å². The van der Waals surface area contributed by atoms with Crippen LogP contribution in [0.25, 0.3) is 6.08 Å². The Kier molecular flexibility index (Phi) is 4.18. The van der Waals surface area contributed by atoms with Crippen LogP contribution in [0.1, 0.15) is 10.4 Å². The molecule has 4 rings (SSSR count). The number of thiophene rings is 1. The molecule has 0 saturated carbocycles. The van der Waals surface area contributed by atoms with Crippen molar-refractivity contribution in [3.63, 3.8) is 0 Å². The number of hydrogen-bond donors (Lipinski definition) is 0. The van der Waals surface area contributed by atoms with E-state index < -0.39 is 11.6 Å². The molecule has 26 heavy (non-hydrogen) atoms. The minimum Gasteiger partial charge on any atom is -0.266 e. The minimum absolute atomic E-state index is 0.183. The first-order valence-corrected chi connectivity index (χ1v) is 8.70. The second kappa shape index (κ2) is 6.65. The van der Waals surface area contributed by atoms with Gasteiger partial charge < -0.3 is 0 Å². The lowest BCUT2D eigenvalue weighted by molar-refractivity contribution is -0.113. The van der Waals surface area contributed by atoms with Crippen molar-refractivity contribution in [2.24, 2.45) is 4.99 Å². The topological polar surface area (TPSA) is 32.7 Å². The molecule has 128 valence electrons. The highest BCUT2D eigenvalue weighted by molar-refractivity contribution is 7.10. The fourth-order valence-corrected chi connectivity index (χ4v) is 3.33. The lowest BCUT2D eigenvalue weighted by atomic mass is 10.1. The standard InChI is InChI=1S/C20H12F2N2OS/c21-13-7-9-14(10-8-13)24-19(16-5-1-2-6-17(16)22)23-18(20(24)25)12-15-4-3-11-26-15/h1-12H/b18-12+. The van der Waals surface area contributed by atoms with Crippen LogP contribution in [-0.4, -0.2) is 11.7 Å². The van der Waals surface area contributed by atoms with Gasteiger partial charge in [0.05, 0.1) is 11.3 Å². The minimum atomic E-state index is -0.483. The van der Waals surface area contributed by atoms with Crippen LogP contribution in [-0.2, 0) is 4.79 Å². The largest absolute Gasteiger partial charge is 0.282 e. The third-order valence-corrected chi connectivity index (χ3v) is 4.70. The average molecular weight is 366 g/mol. The Bertz CT molecular complexity index is 1020. The number of hydrogen-bond acceptors (Lipinski definition) is 3. The summed E-state index contributed by atoms with van der Waals surface area (Å²) in [6.45, 7) is 0. The zero-order chi connectivity index (χ0) is 18.1. The van der Waals surface area contributed by atoms with E-state index in [0.29, 0.717) is 5.69 Å². The molecule has 0 radical (unpaired) electrons. The number of aliphatic imine (C=N–C) groups is 1. The second-order valence-electron chi connectivity index (χ2n) is 5.58. The van der Waals surface area contributed by atoms with Gasteiger partial charge in [0.1, 0.15) is 17.3 Å². The molecule has 0 bridgehead atoms. The summed E-state index contributed by atoms with van der Waals surface area (Å²) in [4.78, 5) is 19.5. The van der Waals surface area contributed by atoms with E-state index in [2.05, 4.69) is 4.99 Å². The van der Waals surface area contributed by atoms with E-state index in [-0.39, 0.29) is 23.0 Å². The van der Waals surface area contributed by atoms with Crippen LogP contribution in [0.3, 0.4) is 0 Å². The molecule has 0 unspecified atom stereocenters. The quantitative estimate of drug-likeness (QED) is 0.609. The van der Waals surface area contributed by atoms with Crippen molar-refractivity contribution in [2.75, 3.05) is 4.90 Å². The molecule has 6 heteroatoms. The van der Waals surface area contributed by atoms with Crippen molar-refractivity contribution in [1.82, 2.24) is 0 Å². The van der Waals surface area contributed by atoms with Crippen LogP contribution in [0.5, 0.6) is 0 Å². The van der Waals surface area contributed by atoms with Crippen LogP contribution in [0.15, 0.2) is 76.7 Å². The van der Waals surface area contributed by atoms with E-state index >= 15 is 0 Å². The number of anilines is 1. The van der Waals surface area contributed by atoms with Gasteiger partial charge in [-0.15, -0.1) is 11.3 Å². The van der Waals surface area contributed by atoms with Crippen molar-refractivity contribution < 1.29 is 13.6 Å². The highest BCUT2D eigenvalue weighted by atomic mass is 32.1. The molecule has 0 aliphatic carbocycles. The average Bonchev–Trinajstić information content (AvgIpc) is 3.26. The molecule has 0 spiro atoms. The number of rotatable bonds is 3. The monoisotopic (exact) mass is 366 g/mol. The number of nitrogens with zero attached hydrogens (tertiary/aromatic N) is 2. The van der Waals surface area contributed by atoms with Gasteiger partial charge in [0, 0.05) is 4.88 Å². The van der Waals surface area contributed by atoms with Crippen molar-refractivity contribution in [2.45, 2.75) is 0 Å². The Morgan fingerprint density at radius 1 is 0.962 bits per heavy atom. The summed E-state index contributed by atoms with van der Waals surface area (Å²) in [6, 6.07) is 15.3. The number of benzene rings is 2. The maximum atomic E-state index is 14.3. The van der Waals surface area contributed by atoms with E-state index in [4.69, 9.17) is 0 Å². The number of carbonyl (C=O) groups is 1. The smallest absolute Gasteiger partial charge is 0.266 e. The summed E-state index contributed by atoms with van der Waals surface area (Å²) in [7, 11) is 0. The van der Waals surface area contributed by atoms with Gasteiger partial charge in [0.2, 0.25) is 0 Å². The first-order chi connectivity index (χ1) is 12.6. The normalized spacial score (nSPS) is 15.6. The number of amidine groups is 1. The van der Waals surface area contributed by atoms with E-state index in [0.717, 1.165) is 4.88 Å². The SMILES string of the molecule is O=C1/C(=C\c2cccs2)N=C(c2ccccc2F)N1c1ccc(F)cc1. The third-order valence-electron chi connectivity index (χ3n) is 3.88. The summed E-state index contributed by atoms with van der Waals surface area (Å²) < 4.78 is 27.6. The van der Waals surface area contributed by atoms with E-state index in [1.165, 1.54) is 46.6 Å². The van der Waals surface area contributed by atoms with Crippen molar-refractivity contribution in [3.05, 3.63) is 93.8 Å². The molecular weight excluding hydrogens is 354 g/mol. The van der Waals surface area contributed by atoms with Gasteiger partial charge in [0.15, 0.2) is 5.84 Å². The Balaban J connectivity index is 1.86. The molecule has 2 aromatic carbocycles.